The molecule has 2 aromatic heterocycles. The van der Waals surface area contributed by atoms with Crippen molar-refractivity contribution in [2.45, 2.75) is 13.0 Å². The van der Waals surface area contributed by atoms with Crippen LogP contribution in [0, 0.1) is 10.1 Å². The molecule has 1 aromatic carbocycles. The zero-order valence-electron chi connectivity index (χ0n) is 14.5. The summed E-state index contributed by atoms with van der Waals surface area (Å²) in [5.41, 5.74) is 1.25. The molecule has 3 aromatic rings. The molecule has 10 heteroatoms. The lowest BCUT2D eigenvalue weighted by atomic mass is 10.1. The van der Waals surface area contributed by atoms with E-state index >= 15 is 0 Å². The monoisotopic (exact) mass is 414 g/mol. The van der Waals surface area contributed by atoms with E-state index in [-0.39, 0.29) is 17.5 Å². The summed E-state index contributed by atoms with van der Waals surface area (Å²) < 4.78 is 0. The van der Waals surface area contributed by atoms with Gasteiger partial charge < -0.3 is 4.90 Å². The number of non-ortho nitro benzene ring substituents is 1. The zero-order valence-corrected chi connectivity index (χ0v) is 16.1. The number of nitrogens with zero attached hydrogens (tertiary/aromatic N) is 3. The van der Waals surface area contributed by atoms with Gasteiger partial charge in [0.2, 0.25) is 0 Å². The molecular weight excluding hydrogens is 400 g/mol. The Morgan fingerprint density at radius 1 is 1.21 bits per heavy atom. The van der Waals surface area contributed by atoms with E-state index in [4.69, 9.17) is 0 Å². The highest BCUT2D eigenvalue weighted by molar-refractivity contribution is 7.16. The van der Waals surface area contributed by atoms with Gasteiger partial charge in [0.15, 0.2) is 5.13 Å². The molecular formula is C18H14N4O4S2. The highest BCUT2D eigenvalue weighted by Crippen LogP contribution is 2.29. The molecule has 0 saturated heterocycles. The third kappa shape index (κ3) is 3.64. The largest absolute Gasteiger partial charge is 0.333 e. The number of fused-ring (bicyclic) bond motifs is 1. The quantitative estimate of drug-likeness (QED) is 0.519. The number of amides is 2. The van der Waals surface area contributed by atoms with Gasteiger partial charge in [0.05, 0.1) is 22.0 Å². The Morgan fingerprint density at radius 3 is 2.68 bits per heavy atom. The predicted octanol–water partition coefficient (Wildman–Crippen LogP) is 3.56. The molecule has 3 heterocycles. The molecule has 0 unspecified atom stereocenters. The molecule has 2 amide bonds. The van der Waals surface area contributed by atoms with Crippen LogP contribution in [0.5, 0.6) is 0 Å². The van der Waals surface area contributed by atoms with E-state index in [0.29, 0.717) is 35.1 Å². The summed E-state index contributed by atoms with van der Waals surface area (Å²) in [7, 11) is 0. The molecule has 0 radical (unpaired) electrons. The van der Waals surface area contributed by atoms with Gasteiger partial charge in [-0.15, -0.1) is 11.3 Å². The van der Waals surface area contributed by atoms with Crippen LogP contribution in [0.2, 0.25) is 0 Å². The molecule has 0 atom stereocenters. The SMILES string of the molecule is O=C(Nc1nc2c(s1)CN(C(=O)c1ccc([N+](=O)[O-])cc1)CC2)c1cccs1. The molecule has 1 N–H and O–H groups in total. The minimum absolute atomic E-state index is 0.0499. The number of carbonyl (C=O) groups excluding carboxylic acids is 2. The van der Waals surface area contributed by atoms with Crippen LogP contribution in [0.3, 0.4) is 0 Å². The van der Waals surface area contributed by atoms with Gasteiger partial charge in [0.25, 0.3) is 17.5 Å². The maximum Gasteiger partial charge on any atom is 0.269 e. The van der Waals surface area contributed by atoms with Crippen molar-refractivity contribution in [1.29, 1.82) is 0 Å². The van der Waals surface area contributed by atoms with Crippen molar-refractivity contribution in [3.63, 3.8) is 0 Å². The van der Waals surface area contributed by atoms with E-state index in [0.717, 1.165) is 10.6 Å². The average molecular weight is 414 g/mol. The number of nitrogens with one attached hydrogen (secondary N) is 1. The summed E-state index contributed by atoms with van der Waals surface area (Å²) in [6.07, 6.45) is 0.597. The molecule has 4 rings (SSSR count). The maximum atomic E-state index is 12.7. The fraction of sp³-hybridized carbons (Fsp3) is 0.167. The average Bonchev–Trinajstić information content (AvgIpc) is 3.36. The van der Waals surface area contributed by atoms with Crippen molar-refractivity contribution in [2.75, 3.05) is 11.9 Å². The Balaban J connectivity index is 1.45. The van der Waals surface area contributed by atoms with Gasteiger partial charge >= 0.3 is 0 Å². The lowest BCUT2D eigenvalue weighted by molar-refractivity contribution is -0.384. The van der Waals surface area contributed by atoms with Crippen LogP contribution in [0.15, 0.2) is 41.8 Å². The number of rotatable bonds is 4. The Bertz CT molecular complexity index is 1040. The molecule has 0 fully saturated rings. The van der Waals surface area contributed by atoms with E-state index in [1.165, 1.54) is 46.9 Å². The molecule has 8 nitrogen and oxygen atoms in total. The number of carbonyl (C=O) groups is 2. The van der Waals surface area contributed by atoms with Crippen molar-refractivity contribution in [2.24, 2.45) is 0 Å². The van der Waals surface area contributed by atoms with Gasteiger partial charge in [-0.1, -0.05) is 17.4 Å². The van der Waals surface area contributed by atoms with Crippen molar-refractivity contribution in [3.05, 3.63) is 72.9 Å². The summed E-state index contributed by atoms with van der Waals surface area (Å²) in [5, 5.41) is 15.9. The number of hydrogen-bond acceptors (Lipinski definition) is 7. The van der Waals surface area contributed by atoms with E-state index in [1.807, 2.05) is 11.4 Å². The van der Waals surface area contributed by atoms with Crippen LogP contribution < -0.4 is 5.32 Å². The second kappa shape index (κ2) is 7.49. The third-order valence-electron chi connectivity index (χ3n) is 4.31. The number of anilines is 1. The van der Waals surface area contributed by atoms with Crippen molar-refractivity contribution in [1.82, 2.24) is 9.88 Å². The zero-order chi connectivity index (χ0) is 19.7. The van der Waals surface area contributed by atoms with Crippen LogP contribution >= 0.6 is 22.7 Å². The van der Waals surface area contributed by atoms with Crippen LogP contribution in [-0.4, -0.2) is 33.2 Å². The first-order valence-electron chi connectivity index (χ1n) is 8.38. The first-order chi connectivity index (χ1) is 13.5. The van der Waals surface area contributed by atoms with Gasteiger partial charge in [-0.25, -0.2) is 4.98 Å². The van der Waals surface area contributed by atoms with Crippen LogP contribution in [0.25, 0.3) is 0 Å². The Kier molecular flexibility index (Phi) is 4.88. The lowest BCUT2D eigenvalue weighted by Crippen LogP contribution is -2.35. The minimum Gasteiger partial charge on any atom is -0.333 e. The van der Waals surface area contributed by atoms with Crippen LogP contribution in [0.4, 0.5) is 10.8 Å². The molecule has 142 valence electrons. The summed E-state index contributed by atoms with van der Waals surface area (Å²) in [6, 6.07) is 9.15. The fourth-order valence-corrected chi connectivity index (χ4v) is 4.53. The minimum atomic E-state index is -0.495. The van der Waals surface area contributed by atoms with E-state index in [9.17, 15) is 19.7 Å². The number of hydrogen-bond donors (Lipinski definition) is 1. The molecule has 1 aliphatic heterocycles. The normalized spacial score (nSPS) is 13.1. The highest BCUT2D eigenvalue weighted by Gasteiger charge is 2.25. The molecule has 0 saturated carbocycles. The number of nitro groups is 1. The number of nitro benzene ring substituents is 1. The van der Waals surface area contributed by atoms with Crippen molar-refractivity contribution >= 4 is 45.3 Å². The smallest absolute Gasteiger partial charge is 0.269 e. The van der Waals surface area contributed by atoms with E-state index in [1.54, 1.807) is 11.0 Å². The van der Waals surface area contributed by atoms with Crippen LogP contribution in [-0.2, 0) is 13.0 Å². The van der Waals surface area contributed by atoms with Crippen molar-refractivity contribution < 1.29 is 14.5 Å². The van der Waals surface area contributed by atoms with Gasteiger partial charge in [-0.3, -0.25) is 25.0 Å². The Morgan fingerprint density at radius 2 is 2.00 bits per heavy atom. The maximum absolute atomic E-state index is 12.7. The summed E-state index contributed by atoms with van der Waals surface area (Å²) >= 11 is 2.72. The second-order valence-electron chi connectivity index (χ2n) is 6.10. The molecule has 0 aliphatic carbocycles. The van der Waals surface area contributed by atoms with E-state index < -0.39 is 4.92 Å². The van der Waals surface area contributed by atoms with Gasteiger partial charge in [-0.2, -0.15) is 0 Å². The number of thiazole rings is 1. The second-order valence-corrected chi connectivity index (χ2v) is 8.13. The molecule has 0 spiro atoms. The topological polar surface area (TPSA) is 105 Å². The van der Waals surface area contributed by atoms with Gasteiger partial charge in [0, 0.05) is 35.5 Å². The first kappa shape index (κ1) is 18.3. The van der Waals surface area contributed by atoms with Gasteiger partial charge in [0.1, 0.15) is 0 Å². The summed E-state index contributed by atoms with van der Waals surface area (Å²) in [5.74, 6) is -0.377. The standard InChI is InChI=1S/C18H14N4O4S2/c23-16(14-2-1-9-27-14)20-18-19-13-7-8-21(10-15(13)28-18)17(24)11-3-5-12(6-4-11)22(25)26/h1-6,9H,7-8,10H2,(H,19,20,23). The van der Waals surface area contributed by atoms with Crippen molar-refractivity contribution in [3.8, 4) is 0 Å². The first-order valence-corrected chi connectivity index (χ1v) is 10.1. The molecule has 28 heavy (non-hydrogen) atoms. The summed E-state index contributed by atoms with van der Waals surface area (Å²) in [4.78, 5) is 42.8. The van der Waals surface area contributed by atoms with Crippen LogP contribution in [0.1, 0.15) is 30.6 Å². The number of aromatic nitrogens is 1. The van der Waals surface area contributed by atoms with Gasteiger partial charge in [-0.05, 0) is 23.6 Å². The predicted molar refractivity (Wildman–Crippen MR) is 106 cm³/mol. The Labute approximate surface area is 167 Å². The number of thiophene rings is 1. The third-order valence-corrected chi connectivity index (χ3v) is 6.18. The lowest BCUT2D eigenvalue weighted by Gasteiger charge is -2.26. The Hall–Kier alpha value is -3.11. The molecule has 1 aliphatic rings. The molecule has 0 bridgehead atoms. The number of benzene rings is 1. The summed E-state index contributed by atoms with van der Waals surface area (Å²) in [6.45, 7) is 0.905. The fourth-order valence-electron chi connectivity index (χ4n) is 2.90. The van der Waals surface area contributed by atoms with E-state index in [2.05, 4.69) is 10.3 Å². The highest BCUT2D eigenvalue weighted by atomic mass is 32.1.